The fourth-order valence-corrected chi connectivity index (χ4v) is 4.11. The molecule has 0 bridgehead atoms. The maximum atomic E-state index is 11.8. The van der Waals surface area contributed by atoms with Gasteiger partial charge in [-0.15, -0.1) is 0 Å². The van der Waals surface area contributed by atoms with E-state index in [-0.39, 0.29) is 64.8 Å². The molecule has 39 heavy (non-hydrogen) atoms. The van der Waals surface area contributed by atoms with Gasteiger partial charge in [0.1, 0.15) is 22.9 Å². The third kappa shape index (κ3) is 7.11. The van der Waals surface area contributed by atoms with E-state index in [4.69, 9.17) is 9.47 Å². The number of hydrogen-bond donors (Lipinski definition) is 3. The van der Waals surface area contributed by atoms with Gasteiger partial charge in [-0.25, -0.2) is 0 Å². The van der Waals surface area contributed by atoms with Crippen LogP contribution in [0.15, 0.2) is 92.1 Å². The number of azo groups is 2. The fraction of sp³-hybridized carbons (Fsp3) is 0.154. The van der Waals surface area contributed by atoms with Crippen molar-refractivity contribution in [3.05, 3.63) is 77.9 Å². The van der Waals surface area contributed by atoms with Crippen LogP contribution in [-0.2, 0) is 23.2 Å². The second-order valence-corrected chi connectivity index (χ2v) is 9.49. The quantitative estimate of drug-likeness (QED) is 0.106. The van der Waals surface area contributed by atoms with Crippen molar-refractivity contribution in [3.8, 4) is 23.0 Å². The van der Waals surface area contributed by atoms with Gasteiger partial charge >= 0.3 is 29.6 Å². The summed E-state index contributed by atoms with van der Waals surface area (Å²) in [6, 6.07) is 17.8. The maximum absolute atomic E-state index is 11.8. The molecule has 4 aromatic carbocycles. The SMILES string of the molecule is COc1ccc(CN=Nc2c(O)c(O)c(N=NCc3ccc(OC)cc3)c3cc(S(=O)(=O)O)ccc23)cc1.[NaH]. The Morgan fingerprint density at radius 3 is 1.54 bits per heavy atom. The molecule has 0 unspecified atom stereocenters. The van der Waals surface area contributed by atoms with Crippen molar-refractivity contribution >= 4 is 61.8 Å². The van der Waals surface area contributed by atoms with Crippen molar-refractivity contribution in [3.63, 3.8) is 0 Å². The molecule has 0 radical (unpaired) electrons. The van der Waals surface area contributed by atoms with Gasteiger partial charge in [0.2, 0.25) is 0 Å². The Kier molecular flexibility index (Phi) is 10.0. The van der Waals surface area contributed by atoms with E-state index in [1.807, 2.05) is 0 Å². The number of hydrogen-bond acceptors (Lipinski definition) is 10. The summed E-state index contributed by atoms with van der Waals surface area (Å²) in [5.41, 5.74) is 1.33. The average Bonchev–Trinajstić information content (AvgIpc) is 2.92. The van der Waals surface area contributed by atoms with Crippen molar-refractivity contribution in [1.29, 1.82) is 0 Å². The van der Waals surface area contributed by atoms with Gasteiger partial charge in [-0.1, -0.05) is 30.3 Å². The average molecular weight is 561 g/mol. The normalized spacial score (nSPS) is 11.7. The Labute approximate surface area is 246 Å². The summed E-state index contributed by atoms with van der Waals surface area (Å²) in [7, 11) is -1.45. The molecular formula is C26H25N4NaO7S. The topological polar surface area (TPSA) is 163 Å². The molecule has 0 spiro atoms. The Balaban J connectivity index is 0.00000420. The predicted octanol–water partition coefficient (Wildman–Crippen LogP) is 5.43. The molecule has 0 saturated carbocycles. The molecule has 0 fully saturated rings. The van der Waals surface area contributed by atoms with Crippen molar-refractivity contribution in [1.82, 2.24) is 0 Å². The number of fused-ring (bicyclic) bond motifs is 1. The first kappa shape index (κ1) is 30.0. The van der Waals surface area contributed by atoms with Gasteiger partial charge in [0, 0.05) is 10.8 Å². The summed E-state index contributed by atoms with van der Waals surface area (Å²) in [6.45, 7) is 0.297. The molecule has 0 aliphatic carbocycles. The molecule has 4 aromatic rings. The van der Waals surface area contributed by atoms with Gasteiger partial charge < -0.3 is 19.7 Å². The van der Waals surface area contributed by atoms with Crippen LogP contribution in [0.5, 0.6) is 23.0 Å². The Morgan fingerprint density at radius 2 is 1.13 bits per heavy atom. The van der Waals surface area contributed by atoms with Crippen molar-refractivity contribution in [2.24, 2.45) is 20.5 Å². The second kappa shape index (κ2) is 13.0. The van der Waals surface area contributed by atoms with Crippen molar-refractivity contribution < 1.29 is 32.7 Å². The predicted molar refractivity (Wildman–Crippen MR) is 147 cm³/mol. The van der Waals surface area contributed by atoms with E-state index in [9.17, 15) is 23.2 Å². The molecule has 11 nitrogen and oxygen atoms in total. The van der Waals surface area contributed by atoms with Gasteiger partial charge in [0.05, 0.1) is 32.2 Å². The number of phenolic OH excluding ortho intramolecular Hbond substituents is 2. The van der Waals surface area contributed by atoms with Gasteiger partial charge in [-0.05, 0) is 47.5 Å². The van der Waals surface area contributed by atoms with E-state index < -0.39 is 26.5 Å². The summed E-state index contributed by atoms with van der Waals surface area (Å²) in [5.74, 6) is 0.0928. The molecule has 198 valence electrons. The first-order valence-corrected chi connectivity index (χ1v) is 12.6. The summed E-state index contributed by atoms with van der Waals surface area (Å²) in [5, 5.41) is 38.2. The molecule has 0 heterocycles. The van der Waals surface area contributed by atoms with E-state index in [1.165, 1.54) is 6.07 Å². The molecule has 13 heteroatoms. The summed E-state index contributed by atoms with van der Waals surface area (Å²) >= 11 is 0. The van der Waals surface area contributed by atoms with Crippen LogP contribution in [0.3, 0.4) is 0 Å². The van der Waals surface area contributed by atoms with Gasteiger partial charge in [0.25, 0.3) is 10.1 Å². The van der Waals surface area contributed by atoms with E-state index in [1.54, 1.807) is 62.8 Å². The van der Waals surface area contributed by atoms with Crippen molar-refractivity contribution in [2.45, 2.75) is 18.0 Å². The number of methoxy groups -OCH3 is 2. The summed E-state index contributed by atoms with van der Waals surface area (Å²) < 4.78 is 43.4. The number of ether oxygens (including phenoxy) is 2. The van der Waals surface area contributed by atoms with Gasteiger partial charge in [-0.3, -0.25) is 4.55 Å². The zero-order valence-corrected chi connectivity index (χ0v) is 21.3. The van der Waals surface area contributed by atoms with E-state index in [2.05, 4.69) is 20.5 Å². The molecule has 0 aliphatic heterocycles. The van der Waals surface area contributed by atoms with Crippen LogP contribution in [0.1, 0.15) is 11.1 Å². The Bertz CT molecular complexity index is 1630. The number of nitrogens with zero attached hydrogens (tertiary/aromatic N) is 4. The number of rotatable bonds is 9. The molecule has 0 saturated heterocycles. The molecule has 3 N–H and O–H groups in total. The summed E-state index contributed by atoms with van der Waals surface area (Å²) in [4.78, 5) is -0.428. The molecule has 4 rings (SSSR count). The van der Waals surface area contributed by atoms with Crippen LogP contribution in [-0.4, -0.2) is 67.0 Å². The van der Waals surface area contributed by atoms with Crippen LogP contribution in [0.4, 0.5) is 11.4 Å². The van der Waals surface area contributed by atoms with Crippen LogP contribution >= 0.6 is 0 Å². The van der Waals surface area contributed by atoms with Crippen molar-refractivity contribution in [2.75, 3.05) is 14.2 Å². The number of aromatic hydroxyl groups is 2. The molecule has 0 aromatic heterocycles. The van der Waals surface area contributed by atoms with E-state index in [0.29, 0.717) is 11.5 Å². The van der Waals surface area contributed by atoms with Gasteiger partial charge in [-0.2, -0.15) is 28.9 Å². The summed E-state index contributed by atoms with van der Waals surface area (Å²) in [6.07, 6.45) is 0. The zero-order chi connectivity index (χ0) is 27.3. The second-order valence-electron chi connectivity index (χ2n) is 8.07. The number of benzene rings is 4. The van der Waals surface area contributed by atoms with Crippen LogP contribution < -0.4 is 9.47 Å². The number of phenols is 2. The Hall–Kier alpha value is -3.55. The fourth-order valence-electron chi connectivity index (χ4n) is 3.61. The molecule has 0 amide bonds. The minimum absolute atomic E-state index is 0. The first-order chi connectivity index (χ1) is 18.2. The van der Waals surface area contributed by atoms with E-state index >= 15 is 0 Å². The molecule has 0 atom stereocenters. The third-order valence-corrected chi connectivity index (χ3v) is 6.49. The van der Waals surface area contributed by atoms with Crippen LogP contribution in [0.25, 0.3) is 10.8 Å². The Morgan fingerprint density at radius 1 is 0.692 bits per heavy atom. The van der Waals surface area contributed by atoms with Crippen LogP contribution in [0, 0.1) is 0 Å². The zero-order valence-electron chi connectivity index (χ0n) is 20.4. The van der Waals surface area contributed by atoms with E-state index in [0.717, 1.165) is 23.3 Å². The van der Waals surface area contributed by atoms with Gasteiger partial charge in [0.15, 0.2) is 11.5 Å². The minimum atomic E-state index is -4.57. The molecular weight excluding hydrogens is 535 g/mol. The first-order valence-electron chi connectivity index (χ1n) is 11.2. The molecule has 0 aliphatic rings. The third-order valence-electron chi connectivity index (χ3n) is 5.64. The van der Waals surface area contributed by atoms with Crippen LogP contribution in [0.2, 0.25) is 0 Å². The monoisotopic (exact) mass is 560 g/mol. The standard InChI is InChI=1S/C26H24N4O7S.Na.H/c1-36-18-7-3-16(4-8-18)14-27-29-23-21-12-11-20(38(33,34)35)13-22(21)24(26(32)25(23)31)30-28-15-17-5-9-19(37-2)10-6-17;;/h3-13,31-32H,14-15H2,1-2H3,(H,33,34,35);;.